The molecule has 1 aliphatic heterocycles. The molecule has 1 atom stereocenters. The maximum atomic E-state index is 12.2. The molecule has 1 heterocycles. The van der Waals surface area contributed by atoms with E-state index in [9.17, 15) is 4.79 Å². The van der Waals surface area contributed by atoms with Crippen LogP contribution >= 0.6 is 0 Å². The number of rotatable bonds is 3. The van der Waals surface area contributed by atoms with Crippen molar-refractivity contribution in [2.75, 3.05) is 13.7 Å². The summed E-state index contributed by atoms with van der Waals surface area (Å²) in [6, 6.07) is 9.50. The van der Waals surface area contributed by atoms with E-state index >= 15 is 0 Å². The smallest absolute Gasteiger partial charge is 0.338 e. The maximum absolute atomic E-state index is 12.2. The van der Waals surface area contributed by atoms with Crippen LogP contribution in [0.5, 0.6) is 0 Å². The van der Waals surface area contributed by atoms with Gasteiger partial charge in [0.25, 0.3) is 0 Å². The summed E-state index contributed by atoms with van der Waals surface area (Å²) in [7, 11) is 1.87. The molecule has 0 aliphatic carbocycles. The molecule has 0 spiro atoms. The van der Waals surface area contributed by atoms with Crippen LogP contribution in [0.2, 0.25) is 0 Å². The van der Waals surface area contributed by atoms with Gasteiger partial charge in [0.05, 0.1) is 18.5 Å². The van der Waals surface area contributed by atoms with Crippen LogP contribution in [0.25, 0.3) is 0 Å². The van der Waals surface area contributed by atoms with Gasteiger partial charge in [0.15, 0.2) is 0 Å². The van der Waals surface area contributed by atoms with Crippen LogP contribution in [-0.2, 0) is 9.53 Å². The summed E-state index contributed by atoms with van der Waals surface area (Å²) >= 11 is 0. The van der Waals surface area contributed by atoms with Crippen LogP contribution in [0.1, 0.15) is 25.5 Å². The highest BCUT2D eigenvalue weighted by molar-refractivity contribution is 5.92. The summed E-state index contributed by atoms with van der Waals surface area (Å²) in [5.41, 5.74) is 2.48. The molecule has 100 valence electrons. The zero-order valence-corrected chi connectivity index (χ0v) is 11.5. The van der Waals surface area contributed by atoms with E-state index in [1.165, 1.54) is 0 Å². The van der Waals surface area contributed by atoms with Gasteiger partial charge in [0.2, 0.25) is 0 Å². The Kier molecular flexibility index (Phi) is 4.00. The standard InChI is InChI=1S/C15H18N2O2/c1-4-19-15(18)13-11(2)17(3)10-16-14(13)12-8-6-5-7-9-12/h5-10,14H,4H2,1-3H3. The summed E-state index contributed by atoms with van der Waals surface area (Å²) < 4.78 is 5.15. The van der Waals surface area contributed by atoms with Crippen LogP contribution < -0.4 is 0 Å². The minimum Gasteiger partial charge on any atom is -0.463 e. The second-order valence-electron chi connectivity index (χ2n) is 4.41. The molecular weight excluding hydrogens is 240 g/mol. The highest BCUT2D eigenvalue weighted by Crippen LogP contribution is 2.32. The average molecular weight is 258 g/mol. The summed E-state index contributed by atoms with van der Waals surface area (Å²) in [5, 5.41) is 0. The molecule has 0 saturated heterocycles. The predicted molar refractivity (Wildman–Crippen MR) is 74.8 cm³/mol. The molecule has 0 aromatic heterocycles. The average Bonchev–Trinajstić information content (AvgIpc) is 2.42. The van der Waals surface area contributed by atoms with Crippen LogP contribution in [0.15, 0.2) is 46.6 Å². The first-order chi connectivity index (χ1) is 9.15. The Morgan fingerprint density at radius 2 is 2.05 bits per heavy atom. The number of nitrogens with zero attached hydrogens (tertiary/aromatic N) is 2. The number of carbonyl (C=O) groups is 1. The summed E-state index contributed by atoms with van der Waals surface area (Å²) in [5.74, 6) is -0.294. The molecule has 1 aliphatic rings. The van der Waals surface area contributed by atoms with Crippen LogP contribution in [0.3, 0.4) is 0 Å². The van der Waals surface area contributed by atoms with E-state index in [1.807, 2.05) is 49.2 Å². The van der Waals surface area contributed by atoms with Gasteiger partial charge in [-0.1, -0.05) is 30.3 Å². The van der Waals surface area contributed by atoms with Gasteiger partial charge in [0.1, 0.15) is 6.04 Å². The normalized spacial score (nSPS) is 18.7. The first-order valence-corrected chi connectivity index (χ1v) is 6.34. The minimum absolute atomic E-state index is 0.281. The predicted octanol–water partition coefficient (Wildman–Crippen LogP) is 2.54. The van der Waals surface area contributed by atoms with Crippen LogP contribution in [0.4, 0.5) is 0 Å². The molecule has 4 heteroatoms. The molecule has 1 unspecified atom stereocenters. The number of esters is 1. The van der Waals surface area contributed by atoms with Crippen molar-refractivity contribution in [1.82, 2.24) is 4.90 Å². The lowest BCUT2D eigenvalue weighted by atomic mass is 9.96. The fraction of sp³-hybridized carbons (Fsp3) is 0.333. The lowest BCUT2D eigenvalue weighted by molar-refractivity contribution is -0.139. The van der Waals surface area contributed by atoms with Crippen molar-refractivity contribution in [1.29, 1.82) is 0 Å². The number of hydrogen-bond donors (Lipinski definition) is 0. The van der Waals surface area contributed by atoms with Crippen molar-refractivity contribution < 1.29 is 9.53 Å². The first-order valence-electron chi connectivity index (χ1n) is 6.34. The molecule has 1 aromatic rings. The number of carbonyl (C=O) groups excluding carboxylic acids is 1. The second-order valence-corrected chi connectivity index (χ2v) is 4.41. The highest BCUT2D eigenvalue weighted by Gasteiger charge is 2.29. The van der Waals surface area contributed by atoms with E-state index in [0.29, 0.717) is 12.2 Å². The monoisotopic (exact) mass is 258 g/mol. The Morgan fingerprint density at radius 3 is 2.68 bits per heavy atom. The third kappa shape index (κ3) is 2.67. The highest BCUT2D eigenvalue weighted by atomic mass is 16.5. The summed E-state index contributed by atoms with van der Waals surface area (Å²) in [6.07, 6.45) is 1.75. The quantitative estimate of drug-likeness (QED) is 0.782. The Labute approximate surface area is 113 Å². The van der Waals surface area contributed by atoms with Gasteiger partial charge < -0.3 is 9.64 Å². The number of aliphatic imine (C=N–C) groups is 1. The van der Waals surface area contributed by atoms with E-state index in [4.69, 9.17) is 4.74 Å². The van der Waals surface area contributed by atoms with E-state index in [0.717, 1.165) is 11.3 Å². The van der Waals surface area contributed by atoms with Gasteiger partial charge in [-0.15, -0.1) is 0 Å². The van der Waals surface area contributed by atoms with Crippen molar-refractivity contribution in [3.05, 3.63) is 47.2 Å². The van der Waals surface area contributed by atoms with Crippen molar-refractivity contribution in [2.24, 2.45) is 4.99 Å². The molecule has 0 saturated carbocycles. The van der Waals surface area contributed by atoms with E-state index in [2.05, 4.69) is 4.99 Å². The topological polar surface area (TPSA) is 41.9 Å². The fourth-order valence-electron chi connectivity index (χ4n) is 2.07. The molecule has 1 aromatic carbocycles. The minimum atomic E-state index is -0.294. The Bertz CT molecular complexity index is 520. The van der Waals surface area contributed by atoms with Crippen molar-refractivity contribution in [3.8, 4) is 0 Å². The zero-order chi connectivity index (χ0) is 13.8. The van der Waals surface area contributed by atoms with Crippen LogP contribution in [-0.4, -0.2) is 30.9 Å². The van der Waals surface area contributed by atoms with Crippen molar-refractivity contribution in [2.45, 2.75) is 19.9 Å². The maximum Gasteiger partial charge on any atom is 0.338 e. The van der Waals surface area contributed by atoms with Gasteiger partial charge in [-0.3, -0.25) is 4.99 Å². The molecule has 0 fully saturated rings. The third-order valence-electron chi connectivity index (χ3n) is 3.19. The number of ether oxygens (including phenoxy) is 1. The molecular formula is C15H18N2O2. The SMILES string of the molecule is CCOC(=O)C1=C(C)N(C)C=NC1c1ccccc1. The molecule has 4 nitrogen and oxygen atoms in total. The van der Waals surface area contributed by atoms with Crippen molar-refractivity contribution >= 4 is 12.3 Å². The van der Waals surface area contributed by atoms with Gasteiger partial charge in [-0.25, -0.2) is 4.79 Å². The second kappa shape index (κ2) is 5.69. The van der Waals surface area contributed by atoms with E-state index in [1.54, 1.807) is 13.3 Å². The van der Waals surface area contributed by atoms with Gasteiger partial charge in [-0.2, -0.15) is 0 Å². The number of hydrogen-bond acceptors (Lipinski definition) is 4. The molecule has 0 amide bonds. The van der Waals surface area contributed by atoms with Crippen LogP contribution in [0, 0.1) is 0 Å². The lowest BCUT2D eigenvalue weighted by Gasteiger charge is -2.27. The Hall–Kier alpha value is -2.10. The van der Waals surface area contributed by atoms with Gasteiger partial charge in [0, 0.05) is 12.7 Å². The number of allylic oxidation sites excluding steroid dienone is 1. The third-order valence-corrected chi connectivity index (χ3v) is 3.19. The van der Waals surface area contributed by atoms with E-state index < -0.39 is 0 Å². The number of benzene rings is 1. The molecule has 0 N–H and O–H groups in total. The molecule has 2 rings (SSSR count). The Balaban J connectivity index is 2.42. The fourth-order valence-corrected chi connectivity index (χ4v) is 2.07. The lowest BCUT2D eigenvalue weighted by Crippen LogP contribution is -2.27. The van der Waals surface area contributed by atoms with Crippen molar-refractivity contribution in [3.63, 3.8) is 0 Å². The molecule has 0 bridgehead atoms. The van der Waals surface area contributed by atoms with Gasteiger partial charge in [-0.05, 0) is 19.4 Å². The molecule has 19 heavy (non-hydrogen) atoms. The first kappa shape index (κ1) is 13.3. The van der Waals surface area contributed by atoms with E-state index in [-0.39, 0.29) is 12.0 Å². The van der Waals surface area contributed by atoms with Gasteiger partial charge >= 0.3 is 5.97 Å². The molecule has 0 radical (unpaired) electrons. The Morgan fingerprint density at radius 1 is 1.37 bits per heavy atom. The zero-order valence-electron chi connectivity index (χ0n) is 11.5. The largest absolute Gasteiger partial charge is 0.463 e. The summed E-state index contributed by atoms with van der Waals surface area (Å²) in [6.45, 7) is 4.08. The summed E-state index contributed by atoms with van der Waals surface area (Å²) in [4.78, 5) is 18.5.